The summed E-state index contributed by atoms with van der Waals surface area (Å²) in [5, 5.41) is 6.91. The maximum absolute atomic E-state index is 13.5. The topological polar surface area (TPSA) is 75.0 Å². The van der Waals surface area contributed by atoms with Crippen molar-refractivity contribution in [2.24, 2.45) is 0 Å². The summed E-state index contributed by atoms with van der Waals surface area (Å²) < 4.78 is 13.5. The van der Waals surface area contributed by atoms with E-state index in [1.807, 2.05) is 6.07 Å². The lowest BCUT2D eigenvalue weighted by molar-refractivity contribution is 0.0706. The number of para-hydroxylation sites is 1. The molecule has 0 radical (unpaired) electrons. The van der Waals surface area contributed by atoms with E-state index in [2.05, 4.69) is 10.2 Å². The number of anilines is 1. The lowest BCUT2D eigenvalue weighted by Crippen LogP contribution is -2.39. The number of rotatable bonds is 2. The third-order valence-corrected chi connectivity index (χ3v) is 3.95. The predicted molar refractivity (Wildman–Crippen MR) is 77.3 cm³/mol. The van der Waals surface area contributed by atoms with E-state index in [-0.39, 0.29) is 23.1 Å². The maximum atomic E-state index is 13.5. The number of nitrogens with zero attached hydrogens (tertiary/aromatic N) is 2. The molecule has 21 heavy (non-hydrogen) atoms. The molecule has 2 aromatic rings. The Hall–Kier alpha value is -2.37. The number of nitrogens with two attached hydrogens (primary N) is 1. The largest absolute Gasteiger partial charge is 0.396 e. The summed E-state index contributed by atoms with van der Waals surface area (Å²) in [5.74, 6) is -0.529. The quantitative estimate of drug-likeness (QED) is 0.831. The number of H-pyrrole nitrogens is 1. The van der Waals surface area contributed by atoms with Gasteiger partial charge in [-0.2, -0.15) is 5.10 Å². The highest BCUT2D eigenvalue weighted by molar-refractivity contribution is 5.99. The van der Waals surface area contributed by atoms with Crippen LogP contribution in [0, 0.1) is 5.82 Å². The summed E-state index contributed by atoms with van der Waals surface area (Å²) in [4.78, 5) is 14.3. The third-order valence-electron chi connectivity index (χ3n) is 3.95. The van der Waals surface area contributed by atoms with E-state index in [0.717, 1.165) is 18.5 Å². The van der Waals surface area contributed by atoms with Crippen molar-refractivity contribution < 1.29 is 9.18 Å². The van der Waals surface area contributed by atoms with Crippen molar-refractivity contribution in [3.05, 3.63) is 47.5 Å². The van der Waals surface area contributed by atoms with E-state index in [0.29, 0.717) is 13.1 Å². The first-order valence-electron chi connectivity index (χ1n) is 6.99. The van der Waals surface area contributed by atoms with E-state index in [9.17, 15) is 9.18 Å². The number of halogens is 1. The normalized spacial score (nSPS) is 18.7. The molecular weight excluding hydrogens is 271 g/mol. The molecule has 0 aliphatic carbocycles. The minimum absolute atomic E-state index is 0.0776. The number of nitrogen functional groups attached to an aromatic ring is 1. The van der Waals surface area contributed by atoms with Gasteiger partial charge in [0, 0.05) is 30.9 Å². The molecule has 2 heterocycles. The Balaban J connectivity index is 1.80. The van der Waals surface area contributed by atoms with E-state index in [1.165, 1.54) is 12.1 Å². The Kier molecular flexibility index (Phi) is 3.60. The minimum Gasteiger partial charge on any atom is -0.396 e. The molecule has 1 atom stereocenters. The van der Waals surface area contributed by atoms with Crippen molar-refractivity contribution in [2.75, 3.05) is 18.8 Å². The van der Waals surface area contributed by atoms with Gasteiger partial charge in [0.05, 0.1) is 11.3 Å². The highest BCUT2D eigenvalue weighted by Gasteiger charge is 2.27. The summed E-state index contributed by atoms with van der Waals surface area (Å²) in [6, 6.07) is 6.26. The molecule has 0 bridgehead atoms. The minimum atomic E-state index is -0.553. The van der Waals surface area contributed by atoms with Gasteiger partial charge in [-0.05, 0) is 31.0 Å². The molecule has 6 heteroatoms. The van der Waals surface area contributed by atoms with Gasteiger partial charge in [0.15, 0.2) is 0 Å². The fourth-order valence-corrected chi connectivity index (χ4v) is 2.80. The number of nitrogens with one attached hydrogen (secondary N) is 1. The number of hydrogen-bond donors (Lipinski definition) is 2. The second kappa shape index (κ2) is 5.55. The molecule has 1 saturated heterocycles. The highest BCUT2D eigenvalue weighted by atomic mass is 19.1. The SMILES string of the molecule is Nc1c(F)cccc1C(=O)N1CCCC(c2ccn[nH]2)C1. The van der Waals surface area contributed by atoms with Crippen molar-refractivity contribution in [1.29, 1.82) is 0 Å². The molecule has 1 amide bonds. The van der Waals surface area contributed by atoms with Crippen LogP contribution in [0.5, 0.6) is 0 Å². The van der Waals surface area contributed by atoms with Crippen LogP contribution in [0.4, 0.5) is 10.1 Å². The number of hydrogen-bond acceptors (Lipinski definition) is 3. The number of carbonyl (C=O) groups excluding carboxylic acids is 1. The molecule has 1 fully saturated rings. The number of aromatic amines is 1. The van der Waals surface area contributed by atoms with E-state index < -0.39 is 5.82 Å². The fourth-order valence-electron chi connectivity index (χ4n) is 2.80. The van der Waals surface area contributed by atoms with Gasteiger partial charge in [0.25, 0.3) is 5.91 Å². The molecule has 110 valence electrons. The van der Waals surface area contributed by atoms with Crippen LogP contribution >= 0.6 is 0 Å². The zero-order chi connectivity index (χ0) is 14.8. The molecule has 5 nitrogen and oxygen atoms in total. The van der Waals surface area contributed by atoms with Gasteiger partial charge in [0.2, 0.25) is 0 Å². The highest BCUT2D eigenvalue weighted by Crippen LogP contribution is 2.27. The standard InChI is InChI=1S/C15H17FN4O/c16-12-5-1-4-11(14(12)17)15(21)20-8-2-3-10(9-20)13-6-7-18-19-13/h1,4-7,10H,2-3,8-9,17H2,(H,18,19). The van der Waals surface area contributed by atoms with Gasteiger partial charge in [0.1, 0.15) is 5.82 Å². The maximum Gasteiger partial charge on any atom is 0.256 e. The van der Waals surface area contributed by atoms with Crippen molar-refractivity contribution in [1.82, 2.24) is 15.1 Å². The number of amides is 1. The van der Waals surface area contributed by atoms with Gasteiger partial charge >= 0.3 is 0 Å². The Bertz CT molecular complexity index is 641. The van der Waals surface area contributed by atoms with Crippen LogP contribution in [0.3, 0.4) is 0 Å². The Morgan fingerprint density at radius 1 is 1.43 bits per heavy atom. The van der Waals surface area contributed by atoms with Crippen molar-refractivity contribution in [2.45, 2.75) is 18.8 Å². The average molecular weight is 288 g/mol. The second-order valence-electron chi connectivity index (χ2n) is 5.30. The third kappa shape index (κ3) is 2.61. The van der Waals surface area contributed by atoms with E-state index in [1.54, 1.807) is 17.2 Å². The van der Waals surface area contributed by atoms with Gasteiger partial charge in [-0.25, -0.2) is 4.39 Å². The zero-order valence-electron chi connectivity index (χ0n) is 11.6. The first-order valence-corrected chi connectivity index (χ1v) is 6.99. The van der Waals surface area contributed by atoms with Gasteiger partial charge in [-0.3, -0.25) is 9.89 Å². The number of piperidine rings is 1. The van der Waals surface area contributed by atoms with Crippen LogP contribution in [-0.4, -0.2) is 34.1 Å². The number of likely N-dealkylation sites (tertiary alicyclic amines) is 1. The van der Waals surface area contributed by atoms with Crippen molar-refractivity contribution in [3.63, 3.8) is 0 Å². The molecule has 1 aromatic carbocycles. The second-order valence-corrected chi connectivity index (χ2v) is 5.30. The van der Waals surface area contributed by atoms with Crippen LogP contribution < -0.4 is 5.73 Å². The van der Waals surface area contributed by atoms with Gasteiger partial charge in [-0.1, -0.05) is 6.07 Å². The first kappa shape index (κ1) is 13.6. The average Bonchev–Trinajstić information content (AvgIpc) is 3.04. The summed E-state index contributed by atoms with van der Waals surface area (Å²) in [6.45, 7) is 1.26. The number of carbonyl (C=O) groups is 1. The summed E-state index contributed by atoms with van der Waals surface area (Å²) in [5.41, 5.74) is 6.87. The molecular formula is C15H17FN4O. The lowest BCUT2D eigenvalue weighted by Gasteiger charge is -2.32. The number of benzene rings is 1. The monoisotopic (exact) mass is 288 g/mol. The first-order chi connectivity index (χ1) is 10.2. The molecule has 3 rings (SSSR count). The molecule has 1 aliphatic heterocycles. The Labute approximate surface area is 121 Å². The predicted octanol–water partition coefficient (Wildman–Crippen LogP) is 2.15. The summed E-state index contributed by atoms with van der Waals surface area (Å²) >= 11 is 0. The zero-order valence-corrected chi connectivity index (χ0v) is 11.6. The molecule has 0 spiro atoms. The van der Waals surface area contributed by atoms with Crippen LogP contribution in [0.15, 0.2) is 30.5 Å². The molecule has 0 saturated carbocycles. The molecule has 1 unspecified atom stereocenters. The van der Waals surface area contributed by atoms with Crippen LogP contribution in [-0.2, 0) is 0 Å². The Morgan fingerprint density at radius 2 is 2.29 bits per heavy atom. The summed E-state index contributed by atoms with van der Waals surface area (Å²) in [6.07, 6.45) is 3.62. The van der Waals surface area contributed by atoms with E-state index in [4.69, 9.17) is 5.73 Å². The molecule has 1 aromatic heterocycles. The van der Waals surface area contributed by atoms with E-state index >= 15 is 0 Å². The van der Waals surface area contributed by atoms with Crippen molar-refractivity contribution in [3.8, 4) is 0 Å². The van der Waals surface area contributed by atoms with Crippen molar-refractivity contribution >= 4 is 11.6 Å². The summed E-state index contributed by atoms with van der Waals surface area (Å²) in [7, 11) is 0. The number of aromatic nitrogens is 2. The van der Waals surface area contributed by atoms with Crippen LogP contribution in [0.25, 0.3) is 0 Å². The van der Waals surface area contributed by atoms with Gasteiger partial charge < -0.3 is 10.6 Å². The smallest absolute Gasteiger partial charge is 0.256 e. The fraction of sp³-hybridized carbons (Fsp3) is 0.333. The van der Waals surface area contributed by atoms with Crippen LogP contribution in [0.2, 0.25) is 0 Å². The molecule has 1 aliphatic rings. The Morgan fingerprint density at radius 3 is 3.05 bits per heavy atom. The lowest BCUT2D eigenvalue weighted by atomic mass is 9.94. The molecule has 3 N–H and O–H groups in total. The van der Waals surface area contributed by atoms with Crippen LogP contribution in [0.1, 0.15) is 34.8 Å². The van der Waals surface area contributed by atoms with Gasteiger partial charge in [-0.15, -0.1) is 0 Å².